The molecular weight excluding hydrogens is 352 g/mol. The zero-order valence-electron chi connectivity index (χ0n) is 16.0. The number of carbonyl (C=O) groups excluding carboxylic acids is 1. The lowest BCUT2D eigenvalue weighted by Crippen LogP contribution is -2.49. The van der Waals surface area contributed by atoms with Gasteiger partial charge in [-0.1, -0.05) is 41.1 Å². The summed E-state index contributed by atoms with van der Waals surface area (Å²) in [5.74, 6) is 0.559. The molecule has 2 aromatic heterocycles. The summed E-state index contributed by atoms with van der Waals surface area (Å²) in [6, 6.07) is 15.7. The molecule has 1 aromatic carbocycles. The number of nitrogens with zero attached hydrogens (tertiary/aromatic N) is 4. The van der Waals surface area contributed by atoms with Crippen LogP contribution in [0.2, 0.25) is 0 Å². The van der Waals surface area contributed by atoms with E-state index in [4.69, 9.17) is 4.52 Å². The molecule has 1 aliphatic rings. The van der Waals surface area contributed by atoms with E-state index in [9.17, 15) is 4.79 Å². The van der Waals surface area contributed by atoms with Crippen molar-refractivity contribution in [2.75, 3.05) is 32.7 Å². The minimum absolute atomic E-state index is 0.0634. The quantitative estimate of drug-likeness (QED) is 0.685. The van der Waals surface area contributed by atoms with Gasteiger partial charge in [-0.2, -0.15) is 0 Å². The van der Waals surface area contributed by atoms with Crippen LogP contribution in [0.3, 0.4) is 0 Å². The highest BCUT2D eigenvalue weighted by Gasteiger charge is 2.24. The summed E-state index contributed by atoms with van der Waals surface area (Å²) in [7, 11) is 0. The van der Waals surface area contributed by atoms with E-state index in [0.29, 0.717) is 24.5 Å². The molecule has 6 heteroatoms. The molecule has 144 valence electrons. The van der Waals surface area contributed by atoms with Gasteiger partial charge in [-0.15, -0.1) is 0 Å². The van der Waals surface area contributed by atoms with Crippen molar-refractivity contribution in [3.05, 3.63) is 71.7 Å². The van der Waals surface area contributed by atoms with Crippen LogP contribution >= 0.6 is 0 Å². The molecule has 0 atom stereocenters. The fourth-order valence-electron chi connectivity index (χ4n) is 3.39. The van der Waals surface area contributed by atoms with Gasteiger partial charge in [0.05, 0.1) is 0 Å². The molecule has 0 saturated carbocycles. The lowest BCUT2D eigenvalue weighted by molar-refractivity contribution is 0.0628. The van der Waals surface area contributed by atoms with E-state index in [1.54, 1.807) is 6.07 Å². The molecule has 1 amide bonds. The summed E-state index contributed by atoms with van der Waals surface area (Å²) in [6.45, 7) is 6.12. The third-order valence-corrected chi connectivity index (χ3v) is 5.14. The van der Waals surface area contributed by atoms with Crippen LogP contribution in [0.25, 0.3) is 11.3 Å². The number of amides is 1. The van der Waals surface area contributed by atoms with E-state index in [1.165, 1.54) is 5.56 Å². The predicted molar refractivity (Wildman–Crippen MR) is 107 cm³/mol. The molecule has 0 bridgehead atoms. The molecule has 1 aliphatic heterocycles. The third-order valence-electron chi connectivity index (χ3n) is 5.14. The van der Waals surface area contributed by atoms with Crippen molar-refractivity contribution in [1.29, 1.82) is 0 Å². The summed E-state index contributed by atoms with van der Waals surface area (Å²) in [5.41, 5.74) is 3.58. The van der Waals surface area contributed by atoms with E-state index in [-0.39, 0.29) is 5.91 Å². The Morgan fingerprint density at radius 3 is 2.57 bits per heavy atom. The molecule has 0 aliphatic carbocycles. The maximum atomic E-state index is 12.8. The van der Waals surface area contributed by atoms with E-state index < -0.39 is 0 Å². The summed E-state index contributed by atoms with van der Waals surface area (Å²) in [6.07, 6.45) is 2.76. The second-order valence-corrected chi connectivity index (χ2v) is 7.15. The molecule has 0 unspecified atom stereocenters. The van der Waals surface area contributed by atoms with Crippen LogP contribution in [0.4, 0.5) is 0 Å². The van der Waals surface area contributed by atoms with E-state index in [2.05, 4.69) is 21.1 Å². The van der Waals surface area contributed by atoms with Crippen LogP contribution in [-0.4, -0.2) is 58.6 Å². The second kappa shape index (κ2) is 8.35. The first-order valence-corrected chi connectivity index (χ1v) is 9.64. The molecule has 1 saturated heterocycles. The Morgan fingerprint density at radius 2 is 1.86 bits per heavy atom. The molecule has 6 nitrogen and oxygen atoms in total. The standard InChI is InChI=1S/C22H24N4O2/c1-17-5-7-18(8-6-17)21-16-20(24-28-21)22(27)26-14-12-25(13-15-26)11-9-19-4-2-3-10-23-19/h2-8,10,16H,9,11-15H2,1H3. The topological polar surface area (TPSA) is 62.5 Å². The fraction of sp³-hybridized carbons (Fsp3) is 0.318. The van der Waals surface area contributed by atoms with Gasteiger partial charge in [-0.25, -0.2) is 0 Å². The third kappa shape index (κ3) is 4.28. The van der Waals surface area contributed by atoms with E-state index in [0.717, 1.165) is 37.3 Å². The van der Waals surface area contributed by atoms with Gasteiger partial charge in [0.25, 0.3) is 5.91 Å². The zero-order valence-corrected chi connectivity index (χ0v) is 16.0. The molecule has 0 spiro atoms. The molecule has 3 heterocycles. The SMILES string of the molecule is Cc1ccc(-c2cc(C(=O)N3CCN(CCc4ccccn4)CC3)no2)cc1. The Kier molecular flexibility index (Phi) is 5.48. The molecule has 1 fully saturated rings. The maximum absolute atomic E-state index is 12.8. The van der Waals surface area contributed by atoms with Crippen molar-refractivity contribution in [2.45, 2.75) is 13.3 Å². The number of piperazine rings is 1. The number of aromatic nitrogens is 2. The van der Waals surface area contributed by atoms with Crippen LogP contribution in [-0.2, 0) is 6.42 Å². The summed E-state index contributed by atoms with van der Waals surface area (Å²) in [5, 5.41) is 4.00. The highest BCUT2D eigenvalue weighted by Crippen LogP contribution is 2.21. The average Bonchev–Trinajstić information content (AvgIpc) is 3.24. The van der Waals surface area contributed by atoms with Crippen LogP contribution < -0.4 is 0 Å². The minimum atomic E-state index is -0.0634. The van der Waals surface area contributed by atoms with Crippen LogP contribution in [0.1, 0.15) is 21.7 Å². The van der Waals surface area contributed by atoms with Crippen molar-refractivity contribution in [3.8, 4) is 11.3 Å². The average molecular weight is 376 g/mol. The van der Waals surface area contributed by atoms with Gasteiger partial charge < -0.3 is 9.42 Å². The van der Waals surface area contributed by atoms with Crippen LogP contribution in [0.5, 0.6) is 0 Å². The summed E-state index contributed by atoms with van der Waals surface area (Å²) in [4.78, 5) is 21.4. The first kappa shape index (κ1) is 18.4. The largest absolute Gasteiger partial charge is 0.355 e. The number of benzene rings is 1. The smallest absolute Gasteiger partial charge is 0.276 e. The van der Waals surface area contributed by atoms with Gasteiger partial charge in [0.1, 0.15) is 0 Å². The lowest BCUT2D eigenvalue weighted by Gasteiger charge is -2.34. The van der Waals surface area contributed by atoms with Gasteiger partial charge in [0, 0.05) is 62.7 Å². The van der Waals surface area contributed by atoms with Gasteiger partial charge in [0.15, 0.2) is 11.5 Å². The monoisotopic (exact) mass is 376 g/mol. The molecule has 0 radical (unpaired) electrons. The summed E-state index contributed by atoms with van der Waals surface area (Å²) >= 11 is 0. The molecule has 0 N–H and O–H groups in total. The van der Waals surface area contributed by atoms with Crippen molar-refractivity contribution in [1.82, 2.24) is 19.9 Å². The first-order chi connectivity index (χ1) is 13.7. The van der Waals surface area contributed by atoms with Crippen molar-refractivity contribution < 1.29 is 9.32 Å². The van der Waals surface area contributed by atoms with Crippen LogP contribution in [0.15, 0.2) is 59.3 Å². The number of pyridine rings is 1. The van der Waals surface area contributed by atoms with Gasteiger partial charge in [-0.05, 0) is 19.1 Å². The van der Waals surface area contributed by atoms with Gasteiger partial charge >= 0.3 is 0 Å². The van der Waals surface area contributed by atoms with E-state index >= 15 is 0 Å². The zero-order chi connectivity index (χ0) is 19.3. The Morgan fingerprint density at radius 1 is 1.07 bits per heavy atom. The number of carbonyl (C=O) groups is 1. The van der Waals surface area contributed by atoms with Crippen molar-refractivity contribution in [2.24, 2.45) is 0 Å². The summed E-state index contributed by atoms with van der Waals surface area (Å²) < 4.78 is 5.40. The molecule has 3 aromatic rings. The van der Waals surface area contributed by atoms with Gasteiger partial charge in [0.2, 0.25) is 0 Å². The minimum Gasteiger partial charge on any atom is -0.355 e. The van der Waals surface area contributed by atoms with Gasteiger partial charge in [-0.3, -0.25) is 14.7 Å². The highest BCUT2D eigenvalue weighted by molar-refractivity contribution is 5.93. The second-order valence-electron chi connectivity index (χ2n) is 7.15. The normalized spacial score (nSPS) is 15.0. The van der Waals surface area contributed by atoms with Crippen molar-refractivity contribution in [3.63, 3.8) is 0 Å². The van der Waals surface area contributed by atoms with E-state index in [1.807, 2.05) is 54.4 Å². The number of hydrogen-bond donors (Lipinski definition) is 0. The predicted octanol–water partition coefficient (Wildman–Crippen LogP) is 3.05. The molecule has 28 heavy (non-hydrogen) atoms. The Balaban J connectivity index is 1.31. The first-order valence-electron chi connectivity index (χ1n) is 9.64. The molecular formula is C22H24N4O2. The number of hydrogen-bond acceptors (Lipinski definition) is 5. The molecule has 4 rings (SSSR count). The number of aryl methyl sites for hydroxylation is 1. The Hall–Kier alpha value is -2.99. The Labute approximate surface area is 164 Å². The maximum Gasteiger partial charge on any atom is 0.276 e. The number of rotatable bonds is 5. The van der Waals surface area contributed by atoms with Crippen molar-refractivity contribution >= 4 is 5.91 Å². The lowest BCUT2D eigenvalue weighted by atomic mass is 10.1. The Bertz CT molecular complexity index is 913. The fourth-order valence-corrected chi connectivity index (χ4v) is 3.39. The highest BCUT2D eigenvalue weighted by atomic mass is 16.5. The van der Waals surface area contributed by atoms with Crippen LogP contribution in [0, 0.1) is 6.92 Å².